The van der Waals surface area contributed by atoms with Crippen LogP contribution in [0.2, 0.25) is 0 Å². The van der Waals surface area contributed by atoms with Gasteiger partial charge in [-0.05, 0) is 68.0 Å². The highest BCUT2D eigenvalue weighted by molar-refractivity contribution is 7.14. The number of aryl methyl sites for hydroxylation is 1. The van der Waals surface area contributed by atoms with Crippen LogP contribution in [0.15, 0.2) is 30.3 Å². The Balaban J connectivity index is 1.56. The summed E-state index contributed by atoms with van der Waals surface area (Å²) in [6.07, 6.45) is 3.42. The third-order valence-electron chi connectivity index (χ3n) is 5.09. The van der Waals surface area contributed by atoms with Crippen LogP contribution in [-0.2, 0) is 27.2 Å². The highest BCUT2D eigenvalue weighted by atomic mass is 32.1. The molecule has 1 heterocycles. The first-order valence-electron chi connectivity index (χ1n) is 9.86. The summed E-state index contributed by atoms with van der Waals surface area (Å²) in [4.78, 5) is 37.7. The van der Waals surface area contributed by atoms with E-state index in [4.69, 9.17) is 4.74 Å². The lowest BCUT2D eigenvalue weighted by molar-refractivity contribution is -0.123. The number of carbonyl (C=O) groups excluding carboxylic acids is 3. The topological polar surface area (TPSA) is 84.5 Å². The van der Waals surface area contributed by atoms with E-state index in [0.717, 1.165) is 25.7 Å². The number of esters is 1. The van der Waals surface area contributed by atoms with Gasteiger partial charge in [0.1, 0.15) is 4.88 Å². The third-order valence-corrected chi connectivity index (χ3v) is 6.31. The molecule has 154 valence electrons. The minimum Gasteiger partial charge on any atom is -0.448 e. The van der Waals surface area contributed by atoms with Crippen molar-refractivity contribution >= 4 is 40.5 Å². The van der Waals surface area contributed by atoms with Gasteiger partial charge in [-0.1, -0.05) is 13.3 Å². The minimum absolute atomic E-state index is 0.164. The van der Waals surface area contributed by atoms with Gasteiger partial charge in [0.15, 0.2) is 6.10 Å². The van der Waals surface area contributed by atoms with Gasteiger partial charge in [-0.3, -0.25) is 9.59 Å². The van der Waals surface area contributed by atoms with Crippen molar-refractivity contribution in [1.29, 1.82) is 0 Å². The second kappa shape index (κ2) is 9.22. The summed E-state index contributed by atoms with van der Waals surface area (Å²) >= 11 is 1.48. The van der Waals surface area contributed by atoms with Gasteiger partial charge >= 0.3 is 5.97 Å². The molecule has 1 aromatic carbocycles. The first-order valence-corrected chi connectivity index (χ1v) is 10.7. The molecular formula is C22H26N2O4S. The van der Waals surface area contributed by atoms with Crippen LogP contribution in [-0.4, -0.2) is 23.9 Å². The molecule has 3 rings (SSSR count). The molecule has 0 saturated heterocycles. The lowest BCUT2D eigenvalue weighted by Gasteiger charge is -2.19. The zero-order valence-corrected chi connectivity index (χ0v) is 17.7. The monoisotopic (exact) mass is 414 g/mol. The van der Waals surface area contributed by atoms with E-state index >= 15 is 0 Å². The summed E-state index contributed by atoms with van der Waals surface area (Å²) < 4.78 is 5.38. The van der Waals surface area contributed by atoms with Crippen LogP contribution in [0, 0.1) is 5.92 Å². The van der Waals surface area contributed by atoms with Crippen LogP contribution in [0.25, 0.3) is 0 Å². The van der Waals surface area contributed by atoms with E-state index in [2.05, 4.69) is 17.6 Å². The molecule has 0 radical (unpaired) electrons. The second-order valence-electron chi connectivity index (χ2n) is 7.37. The Kier molecular flexibility index (Phi) is 6.69. The van der Waals surface area contributed by atoms with Crippen molar-refractivity contribution in [3.63, 3.8) is 0 Å². The Labute approximate surface area is 174 Å². The lowest BCUT2D eigenvalue weighted by atomic mass is 9.87. The van der Waals surface area contributed by atoms with Crippen LogP contribution in [0.5, 0.6) is 0 Å². The van der Waals surface area contributed by atoms with Crippen LogP contribution in [0.3, 0.4) is 0 Å². The Morgan fingerprint density at radius 1 is 1.17 bits per heavy atom. The number of carbonyl (C=O) groups is 3. The molecule has 7 heteroatoms. The molecule has 2 amide bonds. The fourth-order valence-electron chi connectivity index (χ4n) is 3.40. The predicted octanol–water partition coefficient (Wildman–Crippen LogP) is 4.41. The van der Waals surface area contributed by atoms with Gasteiger partial charge < -0.3 is 15.4 Å². The molecule has 2 N–H and O–H groups in total. The Morgan fingerprint density at radius 2 is 1.83 bits per heavy atom. The van der Waals surface area contributed by atoms with E-state index in [1.165, 1.54) is 28.7 Å². The van der Waals surface area contributed by atoms with Crippen LogP contribution in [0.1, 0.15) is 53.7 Å². The summed E-state index contributed by atoms with van der Waals surface area (Å²) in [7, 11) is 0. The molecule has 0 unspecified atom stereocenters. The van der Waals surface area contributed by atoms with Gasteiger partial charge in [-0.15, -0.1) is 11.3 Å². The summed E-state index contributed by atoms with van der Waals surface area (Å²) in [5, 5.41) is 5.38. The molecular weight excluding hydrogens is 388 g/mol. The molecule has 0 bridgehead atoms. The smallest absolute Gasteiger partial charge is 0.349 e. The summed E-state index contributed by atoms with van der Waals surface area (Å²) in [6.45, 7) is 5.18. The molecule has 1 aromatic heterocycles. The summed E-state index contributed by atoms with van der Waals surface area (Å²) in [5.74, 6) is -0.343. The minimum atomic E-state index is -0.917. The molecule has 2 aromatic rings. The largest absolute Gasteiger partial charge is 0.448 e. The molecule has 1 aliphatic rings. The van der Waals surface area contributed by atoms with Gasteiger partial charge in [0.25, 0.3) is 5.91 Å². The Bertz CT molecular complexity index is 904. The SMILES string of the molecule is CC[C@H]1CCc2sc(C(=O)O[C@H](C)C(=O)Nc3ccc(NC(C)=O)cc3)cc2C1. The third kappa shape index (κ3) is 5.44. The van der Waals surface area contributed by atoms with E-state index in [1.807, 2.05) is 6.07 Å². The van der Waals surface area contributed by atoms with Crippen LogP contribution >= 0.6 is 11.3 Å². The maximum absolute atomic E-state index is 12.5. The Hall–Kier alpha value is -2.67. The highest BCUT2D eigenvalue weighted by Crippen LogP contribution is 2.34. The zero-order valence-electron chi connectivity index (χ0n) is 16.9. The fraction of sp³-hybridized carbons (Fsp3) is 0.409. The van der Waals surface area contributed by atoms with Crippen molar-refractivity contribution < 1.29 is 19.1 Å². The van der Waals surface area contributed by atoms with Gasteiger partial charge in [-0.25, -0.2) is 4.79 Å². The average molecular weight is 415 g/mol. The van der Waals surface area contributed by atoms with Crippen molar-refractivity contribution in [1.82, 2.24) is 0 Å². The quantitative estimate of drug-likeness (QED) is 0.686. The first kappa shape index (κ1) is 21.0. The van der Waals surface area contributed by atoms with Crippen molar-refractivity contribution in [2.24, 2.45) is 5.92 Å². The van der Waals surface area contributed by atoms with Gasteiger partial charge in [-0.2, -0.15) is 0 Å². The standard InChI is InChI=1S/C22H26N2O4S/c1-4-15-5-10-19-16(11-15)12-20(29-19)22(27)28-13(2)21(26)24-18-8-6-17(7-9-18)23-14(3)25/h6-9,12-13,15H,4-5,10-11H2,1-3H3,(H,23,25)(H,24,26)/t13-,15+/m1/s1. The Morgan fingerprint density at radius 3 is 2.45 bits per heavy atom. The molecule has 1 aliphatic carbocycles. The highest BCUT2D eigenvalue weighted by Gasteiger charge is 2.25. The molecule has 29 heavy (non-hydrogen) atoms. The van der Waals surface area contributed by atoms with Crippen molar-refractivity contribution in [3.05, 3.63) is 45.6 Å². The summed E-state index contributed by atoms with van der Waals surface area (Å²) in [5.41, 5.74) is 2.45. The predicted molar refractivity (Wildman–Crippen MR) is 114 cm³/mol. The molecule has 0 spiro atoms. The number of benzene rings is 1. The normalized spacial score (nSPS) is 16.4. The van der Waals surface area contributed by atoms with E-state index in [1.54, 1.807) is 31.2 Å². The number of thiophene rings is 1. The number of hydrogen-bond acceptors (Lipinski definition) is 5. The maximum Gasteiger partial charge on any atom is 0.349 e. The molecule has 2 atom stereocenters. The second-order valence-corrected chi connectivity index (χ2v) is 8.51. The number of nitrogens with one attached hydrogen (secondary N) is 2. The molecule has 0 aliphatic heterocycles. The summed E-state index contributed by atoms with van der Waals surface area (Å²) in [6, 6.07) is 8.65. The number of fused-ring (bicyclic) bond motifs is 1. The number of rotatable bonds is 6. The van der Waals surface area contributed by atoms with Gasteiger partial charge in [0.2, 0.25) is 5.91 Å². The number of hydrogen-bond donors (Lipinski definition) is 2. The molecule has 0 saturated carbocycles. The van der Waals surface area contributed by atoms with Gasteiger partial charge in [0, 0.05) is 23.2 Å². The molecule has 6 nitrogen and oxygen atoms in total. The van der Waals surface area contributed by atoms with E-state index in [9.17, 15) is 14.4 Å². The van der Waals surface area contributed by atoms with Gasteiger partial charge in [0.05, 0.1) is 0 Å². The first-order chi connectivity index (χ1) is 13.9. The fourth-order valence-corrected chi connectivity index (χ4v) is 4.50. The van der Waals surface area contributed by atoms with E-state index in [-0.39, 0.29) is 5.91 Å². The van der Waals surface area contributed by atoms with Crippen molar-refractivity contribution in [3.8, 4) is 0 Å². The van der Waals surface area contributed by atoms with E-state index in [0.29, 0.717) is 22.2 Å². The van der Waals surface area contributed by atoms with E-state index < -0.39 is 18.0 Å². The lowest BCUT2D eigenvalue weighted by Crippen LogP contribution is -2.29. The van der Waals surface area contributed by atoms with Crippen molar-refractivity contribution in [2.45, 2.75) is 52.6 Å². The number of amides is 2. The number of anilines is 2. The van der Waals surface area contributed by atoms with Crippen LogP contribution in [0.4, 0.5) is 11.4 Å². The maximum atomic E-state index is 12.5. The zero-order chi connectivity index (χ0) is 21.0. The van der Waals surface area contributed by atoms with Crippen LogP contribution < -0.4 is 10.6 Å². The van der Waals surface area contributed by atoms with Crippen molar-refractivity contribution in [2.75, 3.05) is 10.6 Å². The average Bonchev–Trinajstić information content (AvgIpc) is 3.12. The molecule has 0 fully saturated rings. The number of ether oxygens (including phenoxy) is 1.